The molecule has 11 nitrogen and oxygen atoms in total. The number of rotatable bonds is 12. The lowest BCUT2D eigenvalue weighted by Gasteiger charge is -2.25. The van der Waals surface area contributed by atoms with Crippen LogP contribution in [0.5, 0.6) is 5.75 Å². The molecule has 1 aliphatic rings. The molecule has 0 aliphatic carbocycles. The summed E-state index contributed by atoms with van der Waals surface area (Å²) >= 11 is 0. The summed E-state index contributed by atoms with van der Waals surface area (Å²) in [6, 6.07) is 12.4. The minimum atomic E-state index is -1.92. The van der Waals surface area contributed by atoms with Crippen molar-refractivity contribution in [1.82, 2.24) is 15.3 Å². The van der Waals surface area contributed by atoms with E-state index in [0.717, 1.165) is 15.7 Å². The first-order valence-corrected chi connectivity index (χ1v) is 13.1. The molecule has 0 radical (unpaired) electrons. The summed E-state index contributed by atoms with van der Waals surface area (Å²) in [4.78, 5) is 35.9. The molecule has 4 atom stereocenters. The number of aliphatic hydroxyl groups is 1. The lowest BCUT2D eigenvalue weighted by Crippen LogP contribution is -2.42. The van der Waals surface area contributed by atoms with Gasteiger partial charge < -0.3 is 28.9 Å². The summed E-state index contributed by atoms with van der Waals surface area (Å²) in [7, 11) is -0.583. The van der Waals surface area contributed by atoms with Crippen LogP contribution in [-0.4, -0.2) is 73.0 Å². The fraction of sp³-hybridized carbons (Fsp3) is 0.400. The smallest absolute Gasteiger partial charge is 0.323 e. The maximum absolute atomic E-state index is 13.6. The average molecular weight is 552 g/mol. The number of carbonyl (C=O) groups is 3. The molecule has 1 fully saturated rings. The molecule has 1 saturated heterocycles. The number of urea groups is 1. The normalized spacial score (nSPS) is 20.3. The van der Waals surface area contributed by atoms with Gasteiger partial charge in [-0.25, -0.2) is 14.3 Å². The van der Waals surface area contributed by atoms with Crippen LogP contribution in [0.3, 0.4) is 0 Å². The van der Waals surface area contributed by atoms with E-state index in [1.165, 1.54) is 7.05 Å². The van der Waals surface area contributed by atoms with Crippen LogP contribution >= 0.6 is 8.53 Å². The highest BCUT2D eigenvalue weighted by atomic mass is 31.2. The highest BCUT2D eigenvalue weighted by Gasteiger charge is 2.39. The number of hydrogen-bond donors (Lipinski definition) is 3. The first kappa shape index (κ1) is 29.4. The summed E-state index contributed by atoms with van der Waals surface area (Å²) < 4.78 is 36.5. The number of ether oxygens (including phenoxy) is 2. The molecule has 0 spiro atoms. The third-order valence-electron chi connectivity index (χ3n) is 5.34. The van der Waals surface area contributed by atoms with E-state index in [0.29, 0.717) is 11.9 Å². The molecule has 206 valence electrons. The molecular weight excluding hydrogens is 520 g/mol. The van der Waals surface area contributed by atoms with Crippen molar-refractivity contribution in [3.63, 3.8) is 0 Å². The Hall–Kier alpha value is -3.15. The first-order valence-electron chi connectivity index (χ1n) is 11.9. The van der Waals surface area contributed by atoms with E-state index < -0.39 is 44.8 Å². The Balaban J connectivity index is 1.71. The molecule has 13 heteroatoms. The minimum absolute atomic E-state index is 0.0459. The summed E-state index contributed by atoms with van der Waals surface area (Å²) in [5, 5.41) is 17.6. The predicted molar refractivity (Wildman–Crippen MR) is 138 cm³/mol. The fourth-order valence-electron chi connectivity index (χ4n) is 3.64. The highest BCUT2D eigenvalue weighted by Crippen LogP contribution is 2.39. The molecule has 0 bridgehead atoms. The van der Waals surface area contributed by atoms with Crippen molar-refractivity contribution < 1.29 is 42.4 Å². The van der Waals surface area contributed by atoms with Gasteiger partial charge >= 0.3 is 20.5 Å². The largest absolute Gasteiger partial charge is 0.462 e. The quantitative estimate of drug-likeness (QED) is 0.157. The minimum Gasteiger partial charge on any atom is -0.462 e. The Morgan fingerprint density at radius 3 is 2.71 bits per heavy atom. The number of fused-ring (bicyclic) bond motifs is 1. The lowest BCUT2D eigenvalue weighted by molar-refractivity contribution is -0.145. The van der Waals surface area contributed by atoms with Gasteiger partial charge in [-0.2, -0.15) is 0 Å². The van der Waals surface area contributed by atoms with E-state index in [-0.39, 0.29) is 32.0 Å². The van der Waals surface area contributed by atoms with Crippen LogP contribution in [0.2, 0.25) is 0 Å². The number of nitrogens with one attached hydrogen (secondary N) is 2. The number of hydrogen-bond acceptors (Lipinski definition) is 9. The van der Waals surface area contributed by atoms with Gasteiger partial charge in [0.2, 0.25) is 0 Å². The van der Waals surface area contributed by atoms with Gasteiger partial charge in [-0.05, 0) is 25.3 Å². The summed E-state index contributed by atoms with van der Waals surface area (Å²) in [5.74, 6) is -1.17. The zero-order chi connectivity index (χ0) is 27.7. The average Bonchev–Trinajstić information content (AvgIpc) is 3.27. The third-order valence-corrected chi connectivity index (χ3v) is 6.51. The molecule has 0 aromatic heterocycles. The molecule has 1 heterocycles. The van der Waals surface area contributed by atoms with Gasteiger partial charge in [-0.3, -0.25) is 14.5 Å². The Kier molecular flexibility index (Phi) is 10.9. The van der Waals surface area contributed by atoms with E-state index in [1.807, 2.05) is 36.4 Å². The Morgan fingerprint density at radius 2 is 2.00 bits per heavy atom. The number of aldehydes is 1. The van der Waals surface area contributed by atoms with Crippen LogP contribution in [0.25, 0.3) is 10.8 Å². The maximum Gasteiger partial charge on any atom is 0.323 e. The number of allylic oxidation sites excluding steroid dienone is 1. The molecule has 2 aromatic rings. The van der Waals surface area contributed by atoms with Gasteiger partial charge in [0.1, 0.15) is 24.6 Å². The van der Waals surface area contributed by atoms with Gasteiger partial charge in [0.25, 0.3) is 0 Å². The van der Waals surface area contributed by atoms with Gasteiger partial charge in [-0.1, -0.05) is 36.4 Å². The van der Waals surface area contributed by atoms with Crippen LogP contribution in [-0.2, 0) is 23.6 Å². The molecule has 2 amide bonds. The van der Waals surface area contributed by atoms with E-state index in [9.17, 15) is 23.9 Å². The zero-order valence-corrected chi connectivity index (χ0v) is 22.1. The van der Waals surface area contributed by atoms with Crippen molar-refractivity contribution in [2.75, 3.05) is 20.2 Å². The van der Waals surface area contributed by atoms with Gasteiger partial charge in [0.05, 0.1) is 25.0 Å². The van der Waals surface area contributed by atoms with Crippen LogP contribution < -0.4 is 14.9 Å². The number of amides is 2. The Bertz CT molecular complexity index is 1150. The number of carbonyl (C=O) groups excluding carboxylic acids is 3. The Labute approximate surface area is 220 Å². The SMILES string of the molecule is CNC(=O)N(/C=C(/F)C=O)C1CC(O)C(COP(NCC(=O)OC(C)C)Oc2cccc3ccccc23)O1. The predicted octanol–water partition coefficient (Wildman–Crippen LogP) is 3.13. The third kappa shape index (κ3) is 8.17. The second-order valence-electron chi connectivity index (χ2n) is 8.52. The number of esters is 1. The lowest BCUT2D eigenvalue weighted by atomic mass is 10.1. The van der Waals surface area contributed by atoms with E-state index in [1.54, 1.807) is 19.9 Å². The van der Waals surface area contributed by atoms with Crippen molar-refractivity contribution in [2.45, 2.75) is 44.8 Å². The van der Waals surface area contributed by atoms with Crippen LogP contribution in [0, 0.1) is 0 Å². The Morgan fingerprint density at radius 1 is 1.26 bits per heavy atom. The molecule has 38 heavy (non-hydrogen) atoms. The zero-order valence-electron chi connectivity index (χ0n) is 21.2. The summed E-state index contributed by atoms with van der Waals surface area (Å²) in [5.41, 5.74) is 0. The second kappa shape index (κ2) is 14.1. The molecule has 2 aromatic carbocycles. The summed E-state index contributed by atoms with van der Waals surface area (Å²) in [6.07, 6.45) is -2.73. The van der Waals surface area contributed by atoms with Crippen molar-refractivity contribution in [1.29, 1.82) is 0 Å². The number of aliphatic hydroxyl groups excluding tert-OH is 1. The number of benzene rings is 2. The van der Waals surface area contributed by atoms with E-state index >= 15 is 0 Å². The first-order chi connectivity index (χ1) is 18.2. The molecule has 1 aliphatic heterocycles. The molecular formula is C25H31FN3O8P. The van der Waals surface area contributed by atoms with Crippen molar-refractivity contribution in [2.24, 2.45) is 0 Å². The van der Waals surface area contributed by atoms with E-state index in [2.05, 4.69) is 10.4 Å². The highest BCUT2D eigenvalue weighted by molar-refractivity contribution is 7.45. The van der Waals surface area contributed by atoms with Crippen LogP contribution in [0.15, 0.2) is 54.5 Å². The topological polar surface area (TPSA) is 136 Å². The molecule has 3 N–H and O–H groups in total. The maximum atomic E-state index is 13.6. The van der Waals surface area contributed by atoms with Gasteiger partial charge in [-0.15, -0.1) is 0 Å². The standard InChI is InChI=1S/C25H31FN3O8P/c1-16(2)35-24(32)12-28-38(37-21-10-6-8-17-7-4-5-9-19(17)21)34-15-22-20(31)11-23(36-22)29(25(33)27-3)13-18(26)14-30/h4-10,13-14,16,20,22-23,28,31H,11-12,15H2,1-3H3,(H,27,33)/b18-13+. The molecule has 3 rings (SSSR count). The molecule has 0 saturated carbocycles. The van der Waals surface area contributed by atoms with Crippen LogP contribution in [0.4, 0.5) is 9.18 Å². The van der Waals surface area contributed by atoms with Crippen molar-refractivity contribution in [3.05, 3.63) is 54.5 Å². The number of nitrogens with zero attached hydrogens (tertiary/aromatic N) is 1. The van der Waals surface area contributed by atoms with Crippen LogP contribution in [0.1, 0.15) is 20.3 Å². The van der Waals surface area contributed by atoms with Crippen molar-refractivity contribution in [3.8, 4) is 5.75 Å². The number of halogens is 1. The van der Waals surface area contributed by atoms with Crippen molar-refractivity contribution >= 4 is 37.6 Å². The fourth-order valence-corrected chi connectivity index (χ4v) is 4.73. The van der Waals surface area contributed by atoms with Gasteiger partial charge in [0, 0.05) is 18.9 Å². The van der Waals surface area contributed by atoms with E-state index in [4.69, 9.17) is 18.5 Å². The second-order valence-corrected chi connectivity index (χ2v) is 9.79. The molecule has 4 unspecified atom stereocenters. The summed E-state index contributed by atoms with van der Waals surface area (Å²) in [6.45, 7) is 3.10. The monoisotopic (exact) mass is 551 g/mol. The van der Waals surface area contributed by atoms with Gasteiger partial charge in [0.15, 0.2) is 12.1 Å².